The minimum atomic E-state index is -0.948. The van der Waals surface area contributed by atoms with Crippen molar-refractivity contribution in [3.05, 3.63) is 87.0 Å². The molecule has 2 heterocycles. The van der Waals surface area contributed by atoms with Crippen LogP contribution in [0.4, 0.5) is 0 Å². The first kappa shape index (κ1) is 28.1. The largest absolute Gasteiger partial charge is 0.438 e. The average molecular weight is 578 g/mol. The molecule has 1 aromatic heterocycles. The molecular weight excluding hydrogens is 551 g/mol. The van der Waals surface area contributed by atoms with Gasteiger partial charge >= 0.3 is 0 Å². The third kappa shape index (κ3) is 7.36. The predicted molar refractivity (Wildman–Crippen MR) is 147 cm³/mol. The third-order valence-corrected chi connectivity index (χ3v) is 7.02. The van der Waals surface area contributed by atoms with E-state index in [2.05, 4.69) is 15.2 Å². The molecule has 1 atom stereocenters. The first-order chi connectivity index (χ1) is 18.3. The smallest absolute Gasteiger partial charge is 0.257 e. The van der Waals surface area contributed by atoms with E-state index in [1.165, 1.54) is 6.20 Å². The number of halogens is 3. The number of carbonyl (C=O) groups is 2. The lowest BCUT2D eigenvalue weighted by molar-refractivity contribution is -0.136. The molecule has 1 saturated heterocycles. The van der Waals surface area contributed by atoms with Crippen molar-refractivity contribution in [3.8, 4) is 11.6 Å². The number of hydrogen-bond donors (Lipinski definition) is 1. The molecule has 0 spiro atoms. The van der Waals surface area contributed by atoms with E-state index in [9.17, 15) is 9.59 Å². The van der Waals surface area contributed by atoms with Gasteiger partial charge in [-0.25, -0.2) is 4.98 Å². The van der Waals surface area contributed by atoms with Crippen molar-refractivity contribution in [2.45, 2.75) is 12.6 Å². The Kier molecular flexibility index (Phi) is 9.82. The van der Waals surface area contributed by atoms with Gasteiger partial charge in [0.25, 0.3) is 5.91 Å². The fraction of sp³-hybridized carbons (Fsp3) is 0.296. The average Bonchev–Trinajstić information content (AvgIpc) is 2.91. The minimum absolute atomic E-state index is 0.0773. The maximum atomic E-state index is 13.5. The number of piperazine rings is 1. The van der Waals surface area contributed by atoms with E-state index in [0.717, 1.165) is 13.1 Å². The summed E-state index contributed by atoms with van der Waals surface area (Å²) in [4.78, 5) is 34.9. The summed E-state index contributed by atoms with van der Waals surface area (Å²) < 4.78 is 11.7. The number of likely N-dealkylation sites (N-methyl/N-ethyl adjacent to an activating group) is 1. The summed E-state index contributed by atoms with van der Waals surface area (Å²) in [6, 6.07) is 14.1. The van der Waals surface area contributed by atoms with Gasteiger partial charge in [0.05, 0.1) is 13.2 Å². The first-order valence-electron chi connectivity index (χ1n) is 12.0. The molecule has 200 valence electrons. The summed E-state index contributed by atoms with van der Waals surface area (Å²) in [5, 5.41) is 4.29. The molecule has 38 heavy (non-hydrogen) atoms. The summed E-state index contributed by atoms with van der Waals surface area (Å²) >= 11 is 18.5. The lowest BCUT2D eigenvalue weighted by atomic mass is 10.2. The summed E-state index contributed by atoms with van der Waals surface area (Å²) in [7, 11) is 2.00. The molecule has 0 saturated carbocycles. The van der Waals surface area contributed by atoms with Crippen LogP contribution in [0, 0.1) is 0 Å². The number of ether oxygens (including phenoxy) is 2. The van der Waals surface area contributed by atoms with Gasteiger partial charge in [-0.05, 0) is 55.6 Å². The Bertz CT molecular complexity index is 1250. The maximum Gasteiger partial charge on any atom is 0.257 e. The number of amides is 2. The van der Waals surface area contributed by atoms with Crippen LogP contribution >= 0.6 is 34.8 Å². The highest BCUT2D eigenvalue weighted by atomic mass is 35.5. The quantitative estimate of drug-likeness (QED) is 0.389. The van der Waals surface area contributed by atoms with Gasteiger partial charge in [-0.1, -0.05) is 40.9 Å². The molecule has 2 aromatic carbocycles. The molecular formula is C27H27Cl3N4O4. The standard InChI is InChI=1S/C27H27Cl3N4O4/c1-33-12-14-34(15-13-33)27(36)24(17-37-16-21-22(29)5-2-6-23(21)30)32-25(35)20-4-3-11-31-26(20)38-19-9-7-18(28)8-10-19/h2-11,24H,12-17H2,1H3,(H,32,35). The molecule has 1 fully saturated rings. The number of carbonyl (C=O) groups excluding carboxylic acids is 2. The van der Waals surface area contributed by atoms with E-state index in [1.54, 1.807) is 59.5 Å². The Morgan fingerprint density at radius 1 is 0.974 bits per heavy atom. The number of hydrogen-bond acceptors (Lipinski definition) is 6. The molecule has 0 aliphatic carbocycles. The molecule has 1 aliphatic rings. The second kappa shape index (κ2) is 13.3. The lowest BCUT2D eigenvalue weighted by Crippen LogP contribution is -2.55. The Morgan fingerprint density at radius 2 is 1.66 bits per heavy atom. The van der Waals surface area contributed by atoms with Crippen LogP contribution in [0.3, 0.4) is 0 Å². The number of pyridine rings is 1. The normalized spacial score (nSPS) is 14.7. The van der Waals surface area contributed by atoms with Crippen LogP contribution < -0.4 is 10.1 Å². The van der Waals surface area contributed by atoms with E-state index >= 15 is 0 Å². The first-order valence-corrected chi connectivity index (χ1v) is 13.1. The molecule has 1 unspecified atom stereocenters. The zero-order valence-corrected chi connectivity index (χ0v) is 23.0. The van der Waals surface area contributed by atoms with Gasteiger partial charge in [0.15, 0.2) is 0 Å². The van der Waals surface area contributed by atoms with E-state index in [-0.39, 0.29) is 30.6 Å². The number of nitrogens with zero attached hydrogens (tertiary/aromatic N) is 3. The topological polar surface area (TPSA) is 84.0 Å². The Morgan fingerprint density at radius 3 is 2.34 bits per heavy atom. The molecule has 3 aromatic rings. The van der Waals surface area contributed by atoms with Gasteiger partial charge in [-0.15, -0.1) is 0 Å². The van der Waals surface area contributed by atoms with E-state index in [0.29, 0.717) is 39.5 Å². The van der Waals surface area contributed by atoms with Gasteiger partial charge in [-0.2, -0.15) is 0 Å². The molecule has 1 N–H and O–H groups in total. The van der Waals surface area contributed by atoms with E-state index < -0.39 is 11.9 Å². The van der Waals surface area contributed by atoms with Crippen LogP contribution in [0.5, 0.6) is 11.6 Å². The molecule has 4 rings (SSSR count). The Labute approximate surface area is 236 Å². The number of aromatic nitrogens is 1. The van der Waals surface area contributed by atoms with Gasteiger partial charge in [0.2, 0.25) is 11.8 Å². The van der Waals surface area contributed by atoms with Gasteiger partial charge in [0, 0.05) is 53.0 Å². The van der Waals surface area contributed by atoms with Crippen LogP contribution in [-0.4, -0.2) is 72.5 Å². The number of benzene rings is 2. The van der Waals surface area contributed by atoms with Crippen molar-refractivity contribution in [1.29, 1.82) is 0 Å². The monoisotopic (exact) mass is 576 g/mol. The van der Waals surface area contributed by atoms with Crippen LogP contribution in [0.25, 0.3) is 0 Å². The highest BCUT2D eigenvalue weighted by Gasteiger charge is 2.29. The molecule has 8 nitrogen and oxygen atoms in total. The van der Waals surface area contributed by atoms with Crippen molar-refractivity contribution in [1.82, 2.24) is 20.1 Å². The van der Waals surface area contributed by atoms with Crippen LogP contribution in [0.15, 0.2) is 60.8 Å². The molecule has 0 bridgehead atoms. The van der Waals surface area contributed by atoms with Gasteiger partial charge in [-0.3, -0.25) is 9.59 Å². The molecule has 0 radical (unpaired) electrons. The van der Waals surface area contributed by atoms with Gasteiger partial charge in [0.1, 0.15) is 17.4 Å². The zero-order valence-electron chi connectivity index (χ0n) is 20.7. The highest BCUT2D eigenvalue weighted by Crippen LogP contribution is 2.26. The van der Waals surface area contributed by atoms with Crippen molar-refractivity contribution in [2.75, 3.05) is 39.8 Å². The minimum Gasteiger partial charge on any atom is -0.438 e. The number of rotatable bonds is 9. The van der Waals surface area contributed by atoms with Crippen molar-refractivity contribution in [2.24, 2.45) is 0 Å². The molecule has 2 amide bonds. The predicted octanol–water partition coefficient (Wildman–Crippen LogP) is 4.92. The molecule has 11 heteroatoms. The van der Waals surface area contributed by atoms with Crippen LogP contribution in [0.2, 0.25) is 15.1 Å². The van der Waals surface area contributed by atoms with Crippen molar-refractivity contribution < 1.29 is 19.1 Å². The van der Waals surface area contributed by atoms with Crippen molar-refractivity contribution >= 4 is 46.6 Å². The third-order valence-electron chi connectivity index (χ3n) is 6.05. The van der Waals surface area contributed by atoms with Crippen LogP contribution in [0.1, 0.15) is 15.9 Å². The Hall–Kier alpha value is -2.88. The van der Waals surface area contributed by atoms with E-state index in [4.69, 9.17) is 44.3 Å². The Balaban J connectivity index is 1.50. The van der Waals surface area contributed by atoms with Gasteiger partial charge < -0.3 is 24.6 Å². The van der Waals surface area contributed by atoms with Crippen molar-refractivity contribution in [3.63, 3.8) is 0 Å². The second-order valence-electron chi connectivity index (χ2n) is 8.78. The molecule has 1 aliphatic heterocycles. The SMILES string of the molecule is CN1CCN(C(=O)C(COCc2c(Cl)cccc2Cl)NC(=O)c2cccnc2Oc2ccc(Cl)cc2)CC1. The number of nitrogens with one attached hydrogen (secondary N) is 1. The fourth-order valence-electron chi connectivity index (χ4n) is 3.87. The summed E-state index contributed by atoms with van der Waals surface area (Å²) in [6.45, 7) is 2.59. The van der Waals surface area contributed by atoms with Crippen LogP contribution in [-0.2, 0) is 16.1 Å². The summed E-state index contributed by atoms with van der Waals surface area (Å²) in [5.41, 5.74) is 0.784. The van der Waals surface area contributed by atoms with E-state index in [1.807, 2.05) is 7.05 Å². The summed E-state index contributed by atoms with van der Waals surface area (Å²) in [6.07, 6.45) is 1.52. The summed E-state index contributed by atoms with van der Waals surface area (Å²) in [5.74, 6) is -0.191. The fourth-order valence-corrected chi connectivity index (χ4v) is 4.50. The second-order valence-corrected chi connectivity index (χ2v) is 10.0. The zero-order chi connectivity index (χ0) is 27.1. The maximum absolute atomic E-state index is 13.5. The highest BCUT2D eigenvalue weighted by molar-refractivity contribution is 6.36. The lowest BCUT2D eigenvalue weighted by Gasteiger charge is -2.34.